The van der Waals surface area contributed by atoms with Crippen molar-refractivity contribution in [2.45, 2.75) is 50.0 Å². The minimum absolute atomic E-state index is 0.294. The van der Waals surface area contributed by atoms with E-state index in [2.05, 4.69) is 10.2 Å². The van der Waals surface area contributed by atoms with Crippen molar-refractivity contribution in [3.05, 3.63) is 11.6 Å². The van der Waals surface area contributed by atoms with E-state index in [1.54, 1.807) is 0 Å². The van der Waals surface area contributed by atoms with Crippen LogP contribution >= 0.6 is 0 Å². The van der Waals surface area contributed by atoms with Crippen LogP contribution < -0.4 is 0 Å². The predicted octanol–water partition coefficient (Wildman–Crippen LogP) is -0.295. The minimum atomic E-state index is -2.93. The molecule has 0 bridgehead atoms. The van der Waals surface area contributed by atoms with Gasteiger partial charge in [0.15, 0.2) is 9.84 Å². The molecule has 2 atom stereocenters. The monoisotopic (exact) mass is 271 g/mol. The van der Waals surface area contributed by atoms with E-state index in [0.29, 0.717) is 31.6 Å². The van der Waals surface area contributed by atoms with Crippen LogP contribution in [-0.2, 0) is 29.2 Å². The number of hydrogen-bond acceptors (Lipinski definition) is 5. The van der Waals surface area contributed by atoms with E-state index in [1.165, 1.54) is 0 Å². The Morgan fingerprint density at radius 1 is 1.33 bits per heavy atom. The molecule has 1 fully saturated rings. The van der Waals surface area contributed by atoms with Gasteiger partial charge in [-0.1, -0.05) is 0 Å². The maximum Gasteiger partial charge on any atom is 0.153 e. The lowest BCUT2D eigenvalue weighted by atomic mass is 10.1. The minimum Gasteiger partial charge on any atom is -0.393 e. The number of aromatic nitrogens is 3. The van der Waals surface area contributed by atoms with Gasteiger partial charge >= 0.3 is 0 Å². The molecule has 2 aliphatic heterocycles. The Morgan fingerprint density at radius 3 is 2.89 bits per heavy atom. The summed E-state index contributed by atoms with van der Waals surface area (Å²) in [6.45, 7) is 0.686. The van der Waals surface area contributed by atoms with E-state index in [4.69, 9.17) is 0 Å². The predicted molar refractivity (Wildman–Crippen MR) is 64.9 cm³/mol. The molecule has 0 saturated carbocycles. The topological polar surface area (TPSA) is 85.1 Å². The zero-order valence-electron chi connectivity index (χ0n) is 10.1. The van der Waals surface area contributed by atoms with Gasteiger partial charge in [-0.05, 0) is 19.3 Å². The average Bonchev–Trinajstić information content (AvgIpc) is 2.84. The third kappa shape index (κ3) is 2.05. The molecule has 1 aromatic heterocycles. The second kappa shape index (κ2) is 4.31. The summed E-state index contributed by atoms with van der Waals surface area (Å²) in [5, 5.41) is 17.4. The van der Waals surface area contributed by atoms with Crippen LogP contribution in [-0.4, -0.2) is 45.4 Å². The SMILES string of the molecule is O=S1(=O)CCCC1Cc1nnc2n1CCC(O)C2. The summed E-state index contributed by atoms with van der Waals surface area (Å²) in [6.07, 6.45) is 2.82. The Bertz CT molecular complexity index is 552. The Kier molecular flexibility index (Phi) is 2.90. The Morgan fingerprint density at radius 2 is 2.17 bits per heavy atom. The van der Waals surface area contributed by atoms with Crippen molar-refractivity contribution < 1.29 is 13.5 Å². The normalized spacial score (nSPS) is 30.3. The quantitative estimate of drug-likeness (QED) is 0.798. The largest absolute Gasteiger partial charge is 0.393 e. The molecule has 1 N–H and O–H groups in total. The summed E-state index contributed by atoms with van der Waals surface area (Å²) in [5.41, 5.74) is 0. The fourth-order valence-corrected chi connectivity index (χ4v) is 4.65. The summed E-state index contributed by atoms with van der Waals surface area (Å²) in [5.74, 6) is 1.84. The molecule has 3 heterocycles. The number of nitrogens with zero attached hydrogens (tertiary/aromatic N) is 3. The van der Waals surface area contributed by atoms with Gasteiger partial charge in [-0.15, -0.1) is 10.2 Å². The van der Waals surface area contributed by atoms with Crippen LogP contribution in [0.2, 0.25) is 0 Å². The zero-order valence-corrected chi connectivity index (χ0v) is 10.9. The Labute approximate surface area is 106 Å². The molecule has 1 aromatic rings. The molecule has 18 heavy (non-hydrogen) atoms. The summed E-state index contributed by atoms with van der Waals surface area (Å²) in [4.78, 5) is 0. The number of aliphatic hydroxyl groups excluding tert-OH is 1. The third-order valence-corrected chi connectivity index (χ3v) is 6.16. The van der Waals surface area contributed by atoms with Crippen molar-refractivity contribution in [1.82, 2.24) is 14.8 Å². The molecule has 0 amide bonds. The Balaban J connectivity index is 1.82. The lowest BCUT2D eigenvalue weighted by Gasteiger charge is -2.20. The molecular weight excluding hydrogens is 254 g/mol. The first kappa shape index (κ1) is 12.1. The smallest absolute Gasteiger partial charge is 0.153 e. The molecule has 1 saturated heterocycles. The number of aliphatic hydroxyl groups is 1. The first-order chi connectivity index (χ1) is 8.56. The fourth-order valence-electron chi connectivity index (χ4n) is 2.81. The summed E-state index contributed by atoms with van der Waals surface area (Å²) in [6, 6.07) is 0. The van der Waals surface area contributed by atoms with E-state index >= 15 is 0 Å². The van der Waals surface area contributed by atoms with E-state index in [0.717, 1.165) is 24.5 Å². The van der Waals surface area contributed by atoms with Crippen LogP contribution in [0.1, 0.15) is 30.9 Å². The van der Waals surface area contributed by atoms with Crippen molar-refractivity contribution in [1.29, 1.82) is 0 Å². The summed E-state index contributed by atoms with van der Waals surface area (Å²) in [7, 11) is -2.93. The van der Waals surface area contributed by atoms with Crippen molar-refractivity contribution in [2.75, 3.05) is 5.75 Å². The highest BCUT2D eigenvalue weighted by Gasteiger charge is 2.33. The number of sulfone groups is 1. The van der Waals surface area contributed by atoms with Gasteiger partial charge in [0.2, 0.25) is 0 Å². The average molecular weight is 271 g/mol. The summed E-state index contributed by atoms with van der Waals surface area (Å²) >= 11 is 0. The number of fused-ring (bicyclic) bond motifs is 1. The van der Waals surface area contributed by atoms with Crippen LogP contribution in [0.25, 0.3) is 0 Å². The third-order valence-electron chi connectivity index (χ3n) is 3.88. The maximum atomic E-state index is 11.8. The van der Waals surface area contributed by atoms with E-state index < -0.39 is 9.84 Å². The first-order valence-electron chi connectivity index (χ1n) is 6.37. The number of rotatable bonds is 2. The molecule has 0 radical (unpaired) electrons. The molecule has 2 unspecified atom stereocenters. The van der Waals surface area contributed by atoms with E-state index in [1.807, 2.05) is 4.57 Å². The molecule has 7 heteroatoms. The van der Waals surface area contributed by atoms with Gasteiger partial charge in [0.25, 0.3) is 0 Å². The van der Waals surface area contributed by atoms with Gasteiger partial charge in [-0.3, -0.25) is 0 Å². The van der Waals surface area contributed by atoms with Gasteiger partial charge in [0.1, 0.15) is 11.6 Å². The molecule has 3 rings (SSSR count). The fraction of sp³-hybridized carbons (Fsp3) is 0.818. The van der Waals surface area contributed by atoms with Gasteiger partial charge in [0, 0.05) is 19.4 Å². The second-order valence-corrected chi connectivity index (χ2v) is 7.57. The molecular formula is C11H17N3O3S. The van der Waals surface area contributed by atoms with E-state index in [-0.39, 0.29) is 11.4 Å². The van der Waals surface area contributed by atoms with Crippen molar-refractivity contribution >= 4 is 9.84 Å². The van der Waals surface area contributed by atoms with Crippen LogP contribution in [0.4, 0.5) is 0 Å². The number of hydrogen-bond donors (Lipinski definition) is 1. The van der Waals surface area contributed by atoms with Crippen LogP contribution in [0.5, 0.6) is 0 Å². The highest BCUT2D eigenvalue weighted by Crippen LogP contribution is 2.24. The van der Waals surface area contributed by atoms with Crippen molar-refractivity contribution in [3.63, 3.8) is 0 Å². The van der Waals surface area contributed by atoms with Gasteiger partial charge in [0.05, 0.1) is 17.1 Å². The molecule has 0 spiro atoms. The molecule has 100 valence electrons. The van der Waals surface area contributed by atoms with Gasteiger partial charge < -0.3 is 9.67 Å². The standard InChI is InChI=1S/C11H17N3O3S/c15-8-3-4-14-10(6-8)12-13-11(14)7-9-2-1-5-18(9,16)17/h8-9,15H,1-7H2. The lowest BCUT2D eigenvalue weighted by Crippen LogP contribution is -2.26. The first-order valence-corrected chi connectivity index (χ1v) is 8.08. The van der Waals surface area contributed by atoms with Gasteiger partial charge in [-0.25, -0.2) is 8.42 Å². The van der Waals surface area contributed by atoms with Crippen molar-refractivity contribution in [3.8, 4) is 0 Å². The lowest BCUT2D eigenvalue weighted by molar-refractivity contribution is 0.141. The highest BCUT2D eigenvalue weighted by atomic mass is 32.2. The van der Waals surface area contributed by atoms with Crippen LogP contribution in [0.3, 0.4) is 0 Å². The molecule has 2 aliphatic rings. The van der Waals surface area contributed by atoms with Crippen LogP contribution in [0, 0.1) is 0 Å². The van der Waals surface area contributed by atoms with Gasteiger partial charge in [-0.2, -0.15) is 0 Å². The van der Waals surface area contributed by atoms with E-state index in [9.17, 15) is 13.5 Å². The summed E-state index contributed by atoms with van der Waals surface area (Å²) < 4.78 is 25.6. The van der Waals surface area contributed by atoms with Crippen LogP contribution in [0.15, 0.2) is 0 Å². The Hall–Kier alpha value is -0.950. The highest BCUT2D eigenvalue weighted by molar-refractivity contribution is 7.92. The van der Waals surface area contributed by atoms with Crippen molar-refractivity contribution in [2.24, 2.45) is 0 Å². The maximum absolute atomic E-state index is 11.8. The molecule has 0 aliphatic carbocycles. The molecule has 0 aromatic carbocycles. The second-order valence-electron chi connectivity index (χ2n) is 5.17. The molecule has 6 nitrogen and oxygen atoms in total. The zero-order chi connectivity index (χ0) is 12.8.